The minimum absolute atomic E-state index is 0.237. The molecule has 0 unspecified atom stereocenters. The summed E-state index contributed by atoms with van der Waals surface area (Å²) in [4.78, 5) is 13.5. The van der Waals surface area contributed by atoms with Gasteiger partial charge in [-0.15, -0.1) is 0 Å². The number of hydroxylamine groups is 2. The van der Waals surface area contributed by atoms with Crippen LogP contribution in [0.25, 0.3) is 0 Å². The fourth-order valence-electron chi connectivity index (χ4n) is 2.87. The van der Waals surface area contributed by atoms with E-state index in [0.717, 1.165) is 30.1 Å². The molecule has 2 aromatic rings. The second kappa shape index (κ2) is 6.20. The molecule has 1 N–H and O–H groups in total. The van der Waals surface area contributed by atoms with Gasteiger partial charge in [0.15, 0.2) is 0 Å². The van der Waals surface area contributed by atoms with Crippen molar-refractivity contribution in [2.45, 2.75) is 26.4 Å². The second-order valence-electron chi connectivity index (χ2n) is 5.70. The van der Waals surface area contributed by atoms with Crippen LogP contribution in [0.1, 0.15) is 23.6 Å². The van der Waals surface area contributed by atoms with E-state index in [0.29, 0.717) is 0 Å². The molecule has 0 radical (unpaired) electrons. The Morgan fingerprint density at radius 2 is 1.95 bits per heavy atom. The zero-order chi connectivity index (χ0) is 15.5. The van der Waals surface area contributed by atoms with E-state index in [1.807, 2.05) is 12.1 Å². The quantitative estimate of drug-likeness (QED) is 0.697. The lowest BCUT2D eigenvalue weighted by atomic mass is 10.1. The lowest BCUT2D eigenvalue weighted by Crippen LogP contribution is -2.23. The van der Waals surface area contributed by atoms with Crippen LogP contribution in [0, 0.1) is 0 Å². The van der Waals surface area contributed by atoms with E-state index < -0.39 is 0 Å². The van der Waals surface area contributed by atoms with Crippen molar-refractivity contribution in [3.05, 3.63) is 65.2 Å². The number of nitrogens with zero attached hydrogens (tertiary/aromatic N) is 2. The number of fused-ring (bicyclic) bond motifs is 1. The highest BCUT2D eigenvalue weighted by Gasteiger charge is 2.19. The van der Waals surface area contributed by atoms with Gasteiger partial charge in [-0.2, -0.15) is 0 Å². The Balaban J connectivity index is 1.74. The number of rotatable bonds is 4. The number of anilines is 1. The van der Waals surface area contributed by atoms with Crippen LogP contribution in [-0.4, -0.2) is 22.7 Å². The van der Waals surface area contributed by atoms with Gasteiger partial charge in [-0.3, -0.25) is 10.0 Å². The van der Waals surface area contributed by atoms with Crippen LogP contribution in [0.4, 0.5) is 5.69 Å². The van der Waals surface area contributed by atoms with Gasteiger partial charge in [0.2, 0.25) is 5.91 Å². The molecule has 1 aliphatic heterocycles. The van der Waals surface area contributed by atoms with Gasteiger partial charge in [0.25, 0.3) is 0 Å². The molecule has 2 aromatic carbocycles. The van der Waals surface area contributed by atoms with E-state index in [2.05, 4.69) is 41.3 Å². The number of hydrogen-bond acceptors (Lipinski definition) is 3. The third-order valence-corrected chi connectivity index (χ3v) is 4.05. The SMILES string of the molecule is CC(=O)N(O)Cc1ccc2c(c1)CCN2Cc1ccccc1. The maximum atomic E-state index is 11.1. The van der Waals surface area contributed by atoms with Crippen molar-refractivity contribution >= 4 is 11.6 Å². The molecular formula is C18H20N2O2. The number of carbonyl (C=O) groups is 1. The zero-order valence-electron chi connectivity index (χ0n) is 12.7. The molecule has 1 aliphatic rings. The Bertz CT molecular complexity index is 670. The van der Waals surface area contributed by atoms with Gasteiger partial charge in [0.1, 0.15) is 0 Å². The number of benzene rings is 2. The van der Waals surface area contributed by atoms with Crippen LogP contribution in [0.3, 0.4) is 0 Å². The summed E-state index contributed by atoms with van der Waals surface area (Å²) in [5.74, 6) is -0.341. The summed E-state index contributed by atoms with van der Waals surface area (Å²) in [6.45, 7) is 3.51. The van der Waals surface area contributed by atoms with Crippen molar-refractivity contribution in [3.63, 3.8) is 0 Å². The van der Waals surface area contributed by atoms with E-state index in [4.69, 9.17) is 0 Å². The van der Waals surface area contributed by atoms with Gasteiger partial charge < -0.3 is 4.90 Å². The van der Waals surface area contributed by atoms with Gasteiger partial charge in [0, 0.05) is 25.7 Å². The zero-order valence-corrected chi connectivity index (χ0v) is 12.7. The minimum atomic E-state index is -0.341. The molecule has 4 heteroatoms. The number of amides is 1. The maximum Gasteiger partial charge on any atom is 0.243 e. The smallest absolute Gasteiger partial charge is 0.243 e. The molecule has 3 rings (SSSR count). The molecule has 1 heterocycles. The van der Waals surface area contributed by atoms with Crippen molar-refractivity contribution in [3.8, 4) is 0 Å². The molecule has 0 saturated carbocycles. The first-order valence-electron chi connectivity index (χ1n) is 7.51. The second-order valence-corrected chi connectivity index (χ2v) is 5.70. The molecule has 0 spiro atoms. The molecule has 0 aromatic heterocycles. The van der Waals surface area contributed by atoms with Crippen molar-refractivity contribution in [1.82, 2.24) is 5.06 Å². The van der Waals surface area contributed by atoms with Crippen LogP contribution in [-0.2, 0) is 24.3 Å². The highest BCUT2D eigenvalue weighted by atomic mass is 16.5. The fourth-order valence-corrected chi connectivity index (χ4v) is 2.87. The molecule has 0 saturated heterocycles. The summed E-state index contributed by atoms with van der Waals surface area (Å²) in [5.41, 5.74) is 4.79. The molecule has 0 fully saturated rings. The first-order valence-corrected chi connectivity index (χ1v) is 7.51. The van der Waals surface area contributed by atoms with Gasteiger partial charge >= 0.3 is 0 Å². The summed E-state index contributed by atoms with van der Waals surface area (Å²) >= 11 is 0. The summed E-state index contributed by atoms with van der Waals surface area (Å²) in [6.07, 6.45) is 1.00. The van der Waals surface area contributed by atoms with Crippen molar-refractivity contribution in [1.29, 1.82) is 0 Å². The summed E-state index contributed by atoms with van der Waals surface area (Å²) < 4.78 is 0. The normalized spacial score (nSPS) is 13.1. The maximum absolute atomic E-state index is 11.1. The van der Waals surface area contributed by atoms with E-state index in [1.54, 1.807) is 0 Å². The van der Waals surface area contributed by atoms with Crippen LogP contribution in [0.15, 0.2) is 48.5 Å². The van der Waals surface area contributed by atoms with Crippen LogP contribution in [0.2, 0.25) is 0 Å². The Labute approximate surface area is 130 Å². The molecule has 1 amide bonds. The Morgan fingerprint density at radius 3 is 2.68 bits per heavy atom. The van der Waals surface area contributed by atoms with E-state index in [1.165, 1.54) is 23.7 Å². The van der Waals surface area contributed by atoms with Crippen molar-refractivity contribution in [2.75, 3.05) is 11.4 Å². The average molecular weight is 296 g/mol. The summed E-state index contributed by atoms with van der Waals surface area (Å²) in [7, 11) is 0. The largest absolute Gasteiger partial charge is 0.367 e. The molecule has 0 atom stereocenters. The van der Waals surface area contributed by atoms with E-state index in [-0.39, 0.29) is 12.5 Å². The predicted molar refractivity (Wildman–Crippen MR) is 85.6 cm³/mol. The third kappa shape index (κ3) is 3.12. The molecule has 22 heavy (non-hydrogen) atoms. The molecule has 114 valence electrons. The summed E-state index contributed by atoms with van der Waals surface area (Å²) in [6, 6.07) is 16.6. The monoisotopic (exact) mass is 296 g/mol. The minimum Gasteiger partial charge on any atom is -0.367 e. The molecular weight excluding hydrogens is 276 g/mol. The van der Waals surface area contributed by atoms with Gasteiger partial charge in [0.05, 0.1) is 6.54 Å². The standard InChI is InChI=1S/C18H20N2O2/c1-14(21)20(22)13-16-7-8-18-17(11-16)9-10-19(18)12-15-5-3-2-4-6-15/h2-8,11,22H,9-10,12-13H2,1H3. The number of carbonyl (C=O) groups excluding carboxylic acids is 1. The van der Waals surface area contributed by atoms with Gasteiger partial charge in [-0.1, -0.05) is 42.5 Å². The first kappa shape index (κ1) is 14.6. The van der Waals surface area contributed by atoms with Crippen LogP contribution in [0.5, 0.6) is 0 Å². The Kier molecular flexibility index (Phi) is 4.11. The predicted octanol–water partition coefficient (Wildman–Crippen LogP) is 2.99. The van der Waals surface area contributed by atoms with Crippen molar-refractivity contribution < 1.29 is 10.0 Å². The molecule has 4 nitrogen and oxygen atoms in total. The third-order valence-electron chi connectivity index (χ3n) is 4.05. The molecule has 0 aliphatic carbocycles. The molecule has 0 bridgehead atoms. The number of hydrogen-bond donors (Lipinski definition) is 1. The van der Waals surface area contributed by atoms with Crippen LogP contribution >= 0.6 is 0 Å². The average Bonchev–Trinajstić information content (AvgIpc) is 2.90. The lowest BCUT2D eigenvalue weighted by molar-refractivity contribution is -0.165. The highest BCUT2D eigenvalue weighted by molar-refractivity contribution is 5.71. The fraction of sp³-hybridized carbons (Fsp3) is 0.278. The Morgan fingerprint density at radius 1 is 1.18 bits per heavy atom. The highest BCUT2D eigenvalue weighted by Crippen LogP contribution is 2.30. The first-order chi connectivity index (χ1) is 10.6. The van der Waals surface area contributed by atoms with E-state index >= 15 is 0 Å². The van der Waals surface area contributed by atoms with Gasteiger partial charge in [-0.25, -0.2) is 5.06 Å². The van der Waals surface area contributed by atoms with E-state index in [9.17, 15) is 10.0 Å². The van der Waals surface area contributed by atoms with Crippen LogP contribution < -0.4 is 4.90 Å². The lowest BCUT2D eigenvalue weighted by Gasteiger charge is -2.20. The topological polar surface area (TPSA) is 43.8 Å². The Hall–Kier alpha value is -2.33. The van der Waals surface area contributed by atoms with Gasteiger partial charge in [-0.05, 0) is 29.2 Å². The van der Waals surface area contributed by atoms with Crippen molar-refractivity contribution in [2.24, 2.45) is 0 Å². The summed E-state index contributed by atoms with van der Waals surface area (Å²) in [5, 5.41) is 10.3.